The Labute approximate surface area is 339 Å². The zero-order chi connectivity index (χ0) is 39.9. The predicted octanol–water partition coefficient (Wildman–Crippen LogP) is 13.5. The van der Waals surface area contributed by atoms with Crippen molar-refractivity contribution in [3.05, 3.63) is 181 Å². The molecule has 1 unspecified atom stereocenters. The minimum absolute atomic E-state index is 0.178. The molecule has 5 nitrogen and oxygen atoms in total. The summed E-state index contributed by atoms with van der Waals surface area (Å²) >= 11 is 0. The summed E-state index contributed by atoms with van der Waals surface area (Å²) in [5.74, 6) is -4.04. The number of rotatable bonds is 5. The number of hydrogen-bond donors (Lipinski definition) is 5. The summed E-state index contributed by atoms with van der Waals surface area (Å²) in [4.78, 5) is 0. The van der Waals surface area contributed by atoms with Crippen LogP contribution in [-0.2, 0) is 0 Å². The molecule has 0 saturated carbocycles. The van der Waals surface area contributed by atoms with Crippen molar-refractivity contribution < 1.29 is 25.5 Å². The first-order valence-electron chi connectivity index (χ1n) is 19.7. The highest BCUT2D eigenvalue weighted by molar-refractivity contribution is 6.24. The second-order valence-corrected chi connectivity index (χ2v) is 15.5. The lowest BCUT2D eigenvalue weighted by Crippen LogP contribution is -2.00. The molecule has 0 bridgehead atoms. The number of fused-ring (bicyclic) bond motifs is 2. The Bertz CT molecular complexity index is 3350. The van der Waals surface area contributed by atoms with Gasteiger partial charge in [-0.2, -0.15) is 0 Å². The van der Waals surface area contributed by atoms with Crippen molar-refractivity contribution in [3.8, 4) is 62.1 Å². The Morgan fingerprint density at radius 3 is 1.63 bits per heavy atom. The maximum Gasteiger partial charge on any atom is 0.208 e. The van der Waals surface area contributed by atoms with Crippen LogP contribution in [0.3, 0.4) is 0 Å². The molecule has 5 N–H and O–H groups in total. The first kappa shape index (κ1) is 34.5. The molecule has 1 aliphatic carbocycles. The number of phenols is 5. The van der Waals surface area contributed by atoms with Crippen molar-refractivity contribution >= 4 is 59.4 Å². The van der Waals surface area contributed by atoms with Gasteiger partial charge >= 0.3 is 0 Å². The SMILES string of the molecule is Oc1c(O)c(O)c(-c2c3ccccc3c(-c3ccc(C4=CCC(c5ccc6ccc7cccc8ccc5c6c78)C=C4)cc3)c3ccc(-c4ccccc4)cc23)c(O)c1O. The van der Waals surface area contributed by atoms with Crippen molar-refractivity contribution in [1.82, 2.24) is 0 Å². The van der Waals surface area contributed by atoms with Gasteiger partial charge in [-0.25, -0.2) is 0 Å². The third kappa shape index (κ3) is 5.25. The van der Waals surface area contributed by atoms with Gasteiger partial charge in [0.15, 0.2) is 11.5 Å². The summed E-state index contributed by atoms with van der Waals surface area (Å²) in [6, 6.07) is 52.4. The van der Waals surface area contributed by atoms with Gasteiger partial charge in [0, 0.05) is 11.5 Å². The number of benzene rings is 10. The molecule has 0 fully saturated rings. The fourth-order valence-electron chi connectivity index (χ4n) is 9.47. The molecular formula is C54H36O5. The first-order chi connectivity index (χ1) is 28.9. The van der Waals surface area contributed by atoms with Crippen molar-refractivity contribution in [2.24, 2.45) is 0 Å². The van der Waals surface area contributed by atoms with Gasteiger partial charge in [-0.15, -0.1) is 0 Å². The molecule has 0 heterocycles. The molecule has 5 heteroatoms. The van der Waals surface area contributed by atoms with Crippen molar-refractivity contribution in [1.29, 1.82) is 0 Å². The van der Waals surface area contributed by atoms with Crippen LogP contribution in [0, 0.1) is 0 Å². The Balaban J connectivity index is 1.01. The summed E-state index contributed by atoms with van der Waals surface area (Å²) < 4.78 is 0. The fourth-order valence-corrected chi connectivity index (χ4v) is 9.47. The molecule has 11 rings (SSSR count). The molecule has 0 spiro atoms. The molecule has 0 radical (unpaired) electrons. The van der Waals surface area contributed by atoms with E-state index in [0.29, 0.717) is 16.3 Å². The van der Waals surface area contributed by atoms with Gasteiger partial charge in [-0.05, 0) is 105 Å². The van der Waals surface area contributed by atoms with Crippen LogP contribution in [0.25, 0.3) is 92.8 Å². The fraction of sp³-hybridized carbons (Fsp3) is 0.0370. The maximum atomic E-state index is 11.3. The van der Waals surface area contributed by atoms with Gasteiger partial charge in [0.05, 0.1) is 5.56 Å². The minimum Gasteiger partial charge on any atom is -0.504 e. The van der Waals surface area contributed by atoms with Gasteiger partial charge in [-0.1, -0.05) is 164 Å². The monoisotopic (exact) mass is 764 g/mol. The average molecular weight is 765 g/mol. The van der Waals surface area contributed by atoms with Crippen molar-refractivity contribution in [2.75, 3.05) is 0 Å². The Morgan fingerprint density at radius 1 is 0.373 bits per heavy atom. The van der Waals surface area contributed by atoms with E-state index in [4.69, 9.17) is 0 Å². The molecule has 10 aromatic rings. The van der Waals surface area contributed by atoms with Crippen LogP contribution >= 0.6 is 0 Å². The van der Waals surface area contributed by atoms with Gasteiger partial charge < -0.3 is 25.5 Å². The van der Waals surface area contributed by atoms with E-state index in [-0.39, 0.29) is 11.5 Å². The molecule has 10 aromatic carbocycles. The molecule has 0 saturated heterocycles. The van der Waals surface area contributed by atoms with Crippen LogP contribution in [0.1, 0.15) is 23.5 Å². The number of allylic oxidation sites excluding steroid dienone is 4. The zero-order valence-electron chi connectivity index (χ0n) is 31.7. The van der Waals surface area contributed by atoms with Crippen LogP contribution < -0.4 is 0 Å². The maximum absolute atomic E-state index is 11.3. The summed E-state index contributed by atoms with van der Waals surface area (Å²) in [5.41, 5.74) is 7.66. The Hall–Kier alpha value is -7.76. The Morgan fingerprint density at radius 2 is 0.932 bits per heavy atom. The van der Waals surface area contributed by atoms with Crippen LogP contribution in [0.2, 0.25) is 0 Å². The second-order valence-electron chi connectivity index (χ2n) is 15.5. The lowest BCUT2D eigenvalue weighted by Gasteiger charge is -2.21. The molecule has 0 aliphatic heterocycles. The van der Waals surface area contributed by atoms with E-state index in [0.717, 1.165) is 45.0 Å². The van der Waals surface area contributed by atoms with Crippen LogP contribution in [0.15, 0.2) is 170 Å². The van der Waals surface area contributed by atoms with E-state index in [1.165, 1.54) is 43.5 Å². The highest BCUT2D eigenvalue weighted by Crippen LogP contribution is 2.58. The first-order valence-corrected chi connectivity index (χ1v) is 19.7. The third-order valence-corrected chi connectivity index (χ3v) is 12.3. The number of aromatic hydroxyl groups is 5. The van der Waals surface area contributed by atoms with Gasteiger partial charge in [-0.3, -0.25) is 0 Å². The lowest BCUT2D eigenvalue weighted by molar-refractivity contribution is 0.330. The minimum atomic E-state index is -0.995. The van der Waals surface area contributed by atoms with Crippen LogP contribution in [0.5, 0.6) is 28.7 Å². The summed E-state index contributed by atoms with van der Waals surface area (Å²) in [6.07, 6.45) is 7.81. The highest BCUT2D eigenvalue weighted by atomic mass is 16.4. The van der Waals surface area contributed by atoms with Crippen molar-refractivity contribution in [3.63, 3.8) is 0 Å². The molecule has 59 heavy (non-hydrogen) atoms. The summed E-state index contributed by atoms with van der Waals surface area (Å²) in [6.45, 7) is 0. The number of hydrogen-bond acceptors (Lipinski definition) is 5. The van der Waals surface area contributed by atoms with E-state index in [2.05, 4.69) is 103 Å². The normalized spacial score (nSPS) is 14.2. The van der Waals surface area contributed by atoms with E-state index in [1.54, 1.807) is 0 Å². The van der Waals surface area contributed by atoms with E-state index < -0.39 is 28.7 Å². The van der Waals surface area contributed by atoms with Gasteiger partial charge in [0.2, 0.25) is 17.2 Å². The molecule has 1 aliphatic rings. The quantitative estimate of drug-likeness (QED) is 0.0520. The number of phenolic OH excluding ortho intramolecular Hbond substituents is 5. The molecular weight excluding hydrogens is 729 g/mol. The molecule has 0 amide bonds. The summed E-state index contributed by atoms with van der Waals surface area (Å²) in [7, 11) is 0. The summed E-state index contributed by atoms with van der Waals surface area (Å²) in [5, 5.41) is 65.1. The highest BCUT2D eigenvalue weighted by Gasteiger charge is 2.28. The zero-order valence-corrected chi connectivity index (χ0v) is 31.7. The average Bonchev–Trinajstić information content (AvgIpc) is 3.29. The van der Waals surface area contributed by atoms with E-state index in [1.807, 2.05) is 66.7 Å². The van der Waals surface area contributed by atoms with Gasteiger partial charge in [0.1, 0.15) is 0 Å². The van der Waals surface area contributed by atoms with Gasteiger partial charge in [0.25, 0.3) is 0 Å². The van der Waals surface area contributed by atoms with Crippen LogP contribution in [0.4, 0.5) is 0 Å². The largest absolute Gasteiger partial charge is 0.504 e. The topological polar surface area (TPSA) is 101 Å². The smallest absolute Gasteiger partial charge is 0.208 e. The lowest BCUT2D eigenvalue weighted by atomic mass is 9.83. The molecule has 0 aromatic heterocycles. The molecule has 282 valence electrons. The Kier molecular flexibility index (Phi) is 7.69. The predicted molar refractivity (Wildman–Crippen MR) is 241 cm³/mol. The third-order valence-electron chi connectivity index (χ3n) is 12.3. The van der Waals surface area contributed by atoms with Crippen molar-refractivity contribution in [2.45, 2.75) is 12.3 Å². The van der Waals surface area contributed by atoms with E-state index in [9.17, 15) is 25.5 Å². The van der Waals surface area contributed by atoms with Crippen LogP contribution in [-0.4, -0.2) is 25.5 Å². The second kappa shape index (κ2) is 13.2. The van der Waals surface area contributed by atoms with E-state index >= 15 is 0 Å². The molecule has 1 atom stereocenters. The standard InChI is InChI=1S/C54H36O5/c55-50-49(51(56)53(58)54(59)52(50)57)48-41-12-5-4-11-40(41)46(43-28-25-38(29-44(43)48)30-7-2-1-3-8-30)36-19-15-32(16-20-36)31-13-17-33(18-14-31)39-26-23-37-22-21-34-9-6-10-35-24-27-42(39)47(37)45(34)35/h1-17,19-29,33,55-59H,18H2.